The number of rotatable bonds is 7. The van der Waals surface area contributed by atoms with Crippen LogP contribution in [0.1, 0.15) is 40.0 Å². The summed E-state index contributed by atoms with van der Waals surface area (Å²) in [7, 11) is 0. The fourth-order valence-corrected chi connectivity index (χ4v) is 3.07. The predicted molar refractivity (Wildman–Crippen MR) is 92.3 cm³/mol. The quantitative estimate of drug-likeness (QED) is 0.354. The van der Waals surface area contributed by atoms with Gasteiger partial charge in [-0.3, -0.25) is 34.2 Å². The highest BCUT2D eigenvalue weighted by Crippen LogP contribution is 2.33. The zero-order chi connectivity index (χ0) is 20.3. The SMILES string of the molecule is O=CCCNC(=O)COc1cccc2c1C(=O)N(C1CCC(=O)NC1=O)C2=O. The van der Waals surface area contributed by atoms with Crippen molar-refractivity contribution in [2.45, 2.75) is 25.3 Å². The Morgan fingerprint density at radius 2 is 2.04 bits per heavy atom. The van der Waals surface area contributed by atoms with E-state index in [9.17, 15) is 28.8 Å². The molecule has 0 spiro atoms. The zero-order valence-corrected chi connectivity index (χ0v) is 14.7. The second-order valence-electron chi connectivity index (χ2n) is 6.22. The highest BCUT2D eigenvalue weighted by molar-refractivity contribution is 6.24. The normalized spacial score (nSPS) is 18.6. The molecule has 10 heteroatoms. The van der Waals surface area contributed by atoms with Crippen LogP contribution in [-0.4, -0.2) is 59.9 Å². The Hall–Kier alpha value is -3.56. The molecular formula is C18H17N3O7. The summed E-state index contributed by atoms with van der Waals surface area (Å²) >= 11 is 0. The summed E-state index contributed by atoms with van der Waals surface area (Å²) in [5.74, 6) is -2.98. The van der Waals surface area contributed by atoms with E-state index < -0.39 is 42.2 Å². The summed E-state index contributed by atoms with van der Waals surface area (Å²) in [6, 6.07) is 3.29. The molecule has 0 aliphatic carbocycles. The molecule has 5 amide bonds. The van der Waals surface area contributed by atoms with Gasteiger partial charge >= 0.3 is 0 Å². The van der Waals surface area contributed by atoms with Crippen molar-refractivity contribution in [1.29, 1.82) is 0 Å². The second-order valence-corrected chi connectivity index (χ2v) is 6.22. The van der Waals surface area contributed by atoms with Gasteiger partial charge in [-0.1, -0.05) is 6.07 Å². The number of benzene rings is 1. The molecule has 0 radical (unpaired) electrons. The Morgan fingerprint density at radius 3 is 2.75 bits per heavy atom. The molecule has 1 atom stereocenters. The van der Waals surface area contributed by atoms with Gasteiger partial charge in [0.25, 0.3) is 17.7 Å². The summed E-state index contributed by atoms with van der Waals surface area (Å²) in [4.78, 5) is 71.7. The number of carbonyl (C=O) groups is 6. The molecule has 0 aromatic heterocycles. The highest BCUT2D eigenvalue weighted by Gasteiger charge is 2.46. The molecule has 10 nitrogen and oxygen atoms in total. The third-order valence-corrected chi connectivity index (χ3v) is 4.37. The lowest BCUT2D eigenvalue weighted by Crippen LogP contribution is -2.54. The standard InChI is InChI=1S/C18H17N3O7/c22-8-2-7-19-14(24)9-28-12-4-1-3-10-15(12)18(27)21(17(10)26)11-5-6-13(23)20-16(11)25/h1,3-4,8,11H,2,5-7,9H2,(H,19,24)(H,20,23,25). The number of aldehydes is 1. The molecule has 2 heterocycles. The molecule has 0 saturated carbocycles. The minimum absolute atomic E-state index is 0.0220. The largest absolute Gasteiger partial charge is 0.483 e. The van der Waals surface area contributed by atoms with Gasteiger partial charge in [0.1, 0.15) is 18.1 Å². The Bertz CT molecular complexity index is 880. The van der Waals surface area contributed by atoms with E-state index in [-0.39, 0.29) is 42.7 Å². The zero-order valence-electron chi connectivity index (χ0n) is 14.7. The van der Waals surface area contributed by atoms with Gasteiger partial charge < -0.3 is 14.8 Å². The van der Waals surface area contributed by atoms with Crippen molar-refractivity contribution in [3.8, 4) is 5.75 Å². The minimum atomic E-state index is -1.08. The van der Waals surface area contributed by atoms with E-state index in [0.29, 0.717) is 6.29 Å². The Morgan fingerprint density at radius 1 is 1.25 bits per heavy atom. The van der Waals surface area contributed by atoms with Crippen molar-refractivity contribution < 1.29 is 33.5 Å². The number of imide groups is 2. The van der Waals surface area contributed by atoms with Crippen molar-refractivity contribution in [1.82, 2.24) is 15.5 Å². The lowest BCUT2D eigenvalue weighted by molar-refractivity contribution is -0.136. The van der Waals surface area contributed by atoms with E-state index in [1.54, 1.807) is 0 Å². The Kier molecular flexibility index (Phi) is 5.48. The molecule has 0 bridgehead atoms. The lowest BCUT2D eigenvalue weighted by Gasteiger charge is -2.27. The number of hydrogen-bond donors (Lipinski definition) is 2. The minimum Gasteiger partial charge on any atom is -0.483 e. The molecule has 3 rings (SSSR count). The molecule has 1 aromatic carbocycles. The maximum atomic E-state index is 12.8. The van der Waals surface area contributed by atoms with Crippen LogP contribution in [0, 0.1) is 0 Å². The van der Waals surface area contributed by atoms with Gasteiger partial charge in [-0.15, -0.1) is 0 Å². The first-order chi connectivity index (χ1) is 13.4. The summed E-state index contributed by atoms with van der Waals surface area (Å²) in [5.41, 5.74) is 0.0338. The van der Waals surface area contributed by atoms with Crippen LogP contribution in [0.25, 0.3) is 0 Å². The molecule has 1 unspecified atom stereocenters. The van der Waals surface area contributed by atoms with E-state index in [4.69, 9.17) is 4.74 Å². The van der Waals surface area contributed by atoms with Gasteiger partial charge in [0.05, 0.1) is 11.1 Å². The first-order valence-electron chi connectivity index (χ1n) is 8.61. The number of hydrogen-bond acceptors (Lipinski definition) is 7. The van der Waals surface area contributed by atoms with Crippen LogP contribution >= 0.6 is 0 Å². The smallest absolute Gasteiger partial charge is 0.266 e. The van der Waals surface area contributed by atoms with Crippen molar-refractivity contribution in [3.05, 3.63) is 29.3 Å². The monoisotopic (exact) mass is 387 g/mol. The van der Waals surface area contributed by atoms with E-state index >= 15 is 0 Å². The molecule has 2 aliphatic rings. The van der Waals surface area contributed by atoms with E-state index in [0.717, 1.165) is 4.90 Å². The fraction of sp³-hybridized carbons (Fsp3) is 0.333. The molecular weight excluding hydrogens is 370 g/mol. The number of amides is 5. The number of ether oxygens (including phenoxy) is 1. The third-order valence-electron chi connectivity index (χ3n) is 4.37. The van der Waals surface area contributed by atoms with E-state index in [1.165, 1.54) is 18.2 Å². The summed E-state index contributed by atoms with van der Waals surface area (Å²) in [5, 5.41) is 4.59. The number of carbonyl (C=O) groups excluding carboxylic acids is 6. The van der Waals surface area contributed by atoms with Crippen LogP contribution in [0.5, 0.6) is 5.75 Å². The van der Waals surface area contributed by atoms with Gasteiger partial charge in [0.15, 0.2) is 6.61 Å². The summed E-state index contributed by atoms with van der Waals surface area (Å²) in [6.45, 7) is -0.242. The first-order valence-corrected chi connectivity index (χ1v) is 8.61. The van der Waals surface area contributed by atoms with E-state index in [2.05, 4.69) is 10.6 Å². The molecule has 1 aromatic rings. The molecule has 1 fully saturated rings. The van der Waals surface area contributed by atoms with Gasteiger partial charge in [-0.2, -0.15) is 0 Å². The van der Waals surface area contributed by atoms with Crippen LogP contribution < -0.4 is 15.4 Å². The first kappa shape index (κ1) is 19.2. The summed E-state index contributed by atoms with van der Waals surface area (Å²) in [6.07, 6.45) is 0.902. The number of piperidine rings is 1. The average molecular weight is 387 g/mol. The van der Waals surface area contributed by atoms with Gasteiger partial charge in [-0.05, 0) is 18.6 Å². The molecule has 2 N–H and O–H groups in total. The van der Waals surface area contributed by atoms with Crippen molar-refractivity contribution in [2.24, 2.45) is 0 Å². The lowest BCUT2D eigenvalue weighted by atomic mass is 10.0. The highest BCUT2D eigenvalue weighted by atomic mass is 16.5. The van der Waals surface area contributed by atoms with Gasteiger partial charge in [0.2, 0.25) is 11.8 Å². The van der Waals surface area contributed by atoms with Crippen LogP contribution in [0.4, 0.5) is 0 Å². The van der Waals surface area contributed by atoms with Crippen molar-refractivity contribution in [2.75, 3.05) is 13.2 Å². The van der Waals surface area contributed by atoms with Gasteiger partial charge in [-0.25, -0.2) is 0 Å². The van der Waals surface area contributed by atoms with Crippen LogP contribution in [-0.2, 0) is 19.2 Å². The van der Waals surface area contributed by atoms with Crippen molar-refractivity contribution in [3.63, 3.8) is 0 Å². The molecule has 1 saturated heterocycles. The second kappa shape index (κ2) is 7.99. The number of nitrogens with zero attached hydrogens (tertiary/aromatic N) is 1. The number of nitrogens with one attached hydrogen (secondary N) is 2. The summed E-state index contributed by atoms with van der Waals surface area (Å²) < 4.78 is 5.38. The average Bonchev–Trinajstić information content (AvgIpc) is 2.92. The van der Waals surface area contributed by atoms with E-state index in [1.807, 2.05) is 0 Å². The maximum Gasteiger partial charge on any atom is 0.266 e. The molecule has 146 valence electrons. The van der Waals surface area contributed by atoms with Crippen LogP contribution in [0.15, 0.2) is 18.2 Å². The third kappa shape index (κ3) is 3.61. The molecule has 2 aliphatic heterocycles. The number of fused-ring (bicyclic) bond motifs is 1. The predicted octanol–water partition coefficient (Wildman–Crippen LogP) is -0.828. The topological polar surface area (TPSA) is 139 Å². The van der Waals surface area contributed by atoms with Gasteiger partial charge in [0, 0.05) is 19.4 Å². The Balaban J connectivity index is 1.76. The maximum absolute atomic E-state index is 12.8. The Labute approximate surface area is 159 Å². The molecule has 28 heavy (non-hydrogen) atoms. The fourth-order valence-electron chi connectivity index (χ4n) is 3.07. The van der Waals surface area contributed by atoms with Crippen molar-refractivity contribution >= 4 is 35.8 Å². The van der Waals surface area contributed by atoms with Crippen LogP contribution in [0.3, 0.4) is 0 Å². The van der Waals surface area contributed by atoms with Crippen LogP contribution in [0.2, 0.25) is 0 Å².